The van der Waals surface area contributed by atoms with Gasteiger partial charge < -0.3 is 4.74 Å². The largest absolute Gasteiger partial charge is 0.497 e. The fourth-order valence-corrected chi connectivity index (χ4v) is 5.32. The Bertz CT molecular complexity index is 1550. The molecule has 0 saturated heterocycles. The predicted molar refractivity (Wildman–Crippen MR) is 150 cm³/mol. The average Bonchev–Trinajstić information content (AvgIpc) is 2.93. The van der Waals surface area contributed by atoms with E-state index >= 15 is 0 Å². The van der Waals surface area contributed by atoms with Gasteiger partial charge in [-0.25, -0.2) is 13.8 Å². The lowest BCUT2D eigenvalue weighted by molar-refractivity contribution is 0.0955. The molecule has 0 saturated carbocycles. The number of aryl methyl sites for hydroxylation is 1. The third kappa shape index (κ3) is 6.40. The summed E-state index contributed by atoms with van der Waals surface area (Å²) < 4.78 is 34.2. The monoisotopic (exact) mass is 547 g/mol. The summed E-state index contributed by atoms with van der Waals surface area (Å²) >= 11 is 6.04. The van der Waals surface area contributed by atoms with E-state index < -0.39 is 15.9 Å². The van der Waals surface area contributed by atoms with Crippen LogP contribution in [0.1, 0.15) is 27.0 Å². The first-order valence-electron chi connectivity index (χ1n) is 11.7. The van der Waals surface area contributed by atoms with E-state index in [-0.39, 0.29) is 22.7 Å². The van der Waals surface area contributed by atoms with E-state index in [0.29, 0.717) is 16.3 Å². The number of nitrogens with zero attached hydrogens (tertiary/aromatic N) is 2. The number of carbonyl (C=O) groups excluding carboxylic acids is 1. The molecule has 7 nitrogen and oxygen atoms in total. The first-order valence-corrected chi connectivity index (χ1v) is 13.5. The Labute approximate surface area is 227 Å². The van der Waals surface area contributed by atoms with Crippen LogP contribution in [0.4, 0.5) is 5.69 Å². The van der Waals surface area contributed by atoms with Gasteiger partial charge in [-0.05, 0) is 66.6 Å². The van der Waals surface area contributed by atoms with Crippen LogP contribution in [0.15, 0.2) is 107 Å². The van der Waals surface area contributed by atoms with Gasteiger partial charge in [0.25, 0.3) is 15.9 Å². The van der Waals surface area contributed by atoms with Crippen LogP contribution < -0.4 is 14.5 Å². The SMILES string of the molecule is COc1cccc(/C=N\NC(=O)c2ccccc2N(Cc2ccc(Cl)cc2)S(=O)(=O)c2ccc(C)cc2)c1. The van der Waals surface area contributed by atoms with Crippen LogP contribution in [-0.2, 0) is 16.6 Å². The number of ether oxygens (including phenoxy) is 1. The minimum atomic E-state index is -4.04. The number of rotatable bonds is 9. The summed E-state index contributed by atoms with van der Waals surface area (Å²) in [7, 11) is -2.47. The molecule has 4 aromatic rings. The van der Waals surface area contributed by atoms with Crippen LogP contribution in [0.25, 0.3) is 0 Å². The average molecular weight is 548 g/mol. The number of anilines is 1. The summed E-state index contributed by atoms with van der Waals surface area (Å²) in [5, 5.41) is 4.59. The normalized spacial score (nSPS) is 11.3. The van der Waals surface area contributed by atoms with E-state index in [0.717, 1.165) is 11.1 Å². The predicted octanol–water partition coefficient (Wildman–Crippen LogP) is 5.82. The zero-order valence-electron chi connectivity index (χ0n) is 20.8. The van der Waals surface area contributed by atoms with Crippen molar-refractivity contribution in [3.8, 4) is 5.75 Å². The number of hydrogen-bond acceptors (Lipinski definition) is 5. The Morgan fingerprint density at radius 2 is 1.68 bits per heavy atom. The molecule has 0 fully saturated rings. The van der Waals surface area contributed by atoms with Crippen LogP contribution >= 0.6 is 11.6 Å². The first kappa shape index (κ1) is 26.9. The Hall–Kier alpha value is -4.14. The summed E-state index contributed by atoms with van der Waals surface area (Å²) in [5.74, 6) is 0.102. The number of carbonyl (C=O) groups is 1. The van der Waals surface area contributed by atoms with E-state index in [4.69, 9.17) is 16.3 Å². The van der Waals surface area contributed by atoms with Crippen molar-refractivity contribution in [2.24, 2.45) is 5.10 Å². The molecule has 0 atom stereocenters. The van der Waals surface area contributed by atoms with Crippen LogP contribution in [0.3, 0.4) is 0 Å². The second-order valence-electron chi connectivity index (χ2n) is 8.44. The Kier molecular flexibility index (Phi) is 8.45. The van der Waals surface area contributed by atoms with Gasteiger partial charge in [-0.1, -0.05) is 65.7 Å². The van der Waals surface area contributed by atoms with E-state index in [9.17, 15) is 13.2 Å². The van der Waals surface area contributed by atoms with Crippen molar-refractivity contribution >= 4 is 39.4 Å². The van der Waals surface area contributed by atoms with E-state index in [1.54, 1.807) is 92.0 Å². The van der Waals surface area contributed by atoms with Gasteiger partial charge in [-0.3, -0.25) is 9.10 Å². The van der Waals surface area contributed by atoms with Gasteiger partial charge >= 0.3 is 0 Å². The van der Waals surface area contributed by atoms with Gasteiger partial charge in [0.2, 0.25) is 0 Å². The van der Waals surface area contributed by atoms with Crippen LogP contribution in [0.5, 0.6) is 5.75 Å². The quantitative estimate of drug-likeness (QED) is 0.211. The zero-order chi connectivity index (χ0) is 27.1. The van der Waals surface area contributed by atoms with Gasteiger partial charge in [-0.15, -0.1) is 0 Å². The number of para-hydroxylation sites is 1. The Morgan fingerprint density at radius 3 is 2.39 bits per heavy atom. The lowest BCUT2D eigenvalue weighted by atomic mass is 10.1. The number of halogens is 1. The maximum atomic E-state index is 13.9. The Morgan fingerprint density at radius 1 is 0.974 bits per heavy atom. The number of benzene rings is 4. The molecular formula is C29H26ClN3O4S. The summed E-state index contributed by atoms with van der Waals surface area (Å²) in [4.78, 5) is 13.3. The fourth-order valence-electron chi connectivity index (χ4n) is 3.72. The maximum Gasteiger partial charge on any atom is 0.273 e. The number of hydrazone groups is 1. The van der Waals surface area contributed by atoms with Gasteiger partial charge in [-0.2, -0.15) is 5.10 Å². The molecule has 0 aliphatic carbocycles. The van der Waals surface area contributed by atoms with Gasteiger partial charge in [0.1, 0.15) is 5.75 Å². The number of nitrogens with one attached hydrogen (secondary N) is 1. The molecule has 38 heavy (non-hydrogen) atoms. The van der Waals surface area contributed by atoms with E-state index in [1.807, 2.05) is 19.1 Å². The van der Waals surface area contributed by atoms with E-state index in [2.05, 4.69) is 10.5 Å². The van der Waals surface area contributed by atoms with Crippen molar-refractivity contribution in [3.05, 3.63) is 124 Å². The molecule has 0 bridgehead atoms. The second-order valence-corrected chi connectivity index (χ2v) is 10.7. The summed E-state index contributed by atoms with van der Waals surface area (Å²) in [6, 6.07) is 27.2. The van der Waals surface area contributed by atoms with Crippen molar-refractivity contribution in [1.29, 1.82) is 0 Å². The molecule has 194 valence electrons. The molecule has 9 heteroatoms. The topological polar surface area (TPSA) is 88.1 Å². The van der Waals surface area contributed by atoms with Gasteiger partial charge in [0, 0.05) is 5.02 Å². The van der Waals surface area contributed by atoms with E-state index in [1.165, 1.54) is 10.5 Å². The standard InChI is InChI=1S/C29H26ClN3O4S/c1-21-10-16-26(17-11-21)38(35,36)33(20-22-12-14-24(30)15-13-22)28-9-4-3-8-27(28)29(34)32-31-19-23-6-5-7-25(18-23)37-2/h3-19H,20H2,1-2H3,(H,32,34)/b31-19-. The molecule has 0 aliphatic rings. The molecule has 4 rings (SSSR count). The number of sulfonamides is 1. The van der Waals surface area contributed by atoms with Crippen LogP contribution in [0, 0.1) is 6.92 Å². The number of hydrogen-bond donors (Lipinski definition) is 1. The summed E-state index contributed by atoms with van der Waals surface area (Å²) in [6.45, 7) is 1.87. The highest BCUT2D eigenvalue weighted by Gasteiger charge is 2.28. The Balaban J connectivity index is 1.70. The highest BCUT2D eigenvalue weighted by Crippen LogP contribution is 2.30. The molecule has 4 aromatic carbocycles. The lowest BCUT2D eigenvalue weighted by Gasteiger charge is -2.26. The number of methoxy groups -OCH3 is 1. The highest BCUT2D eigenvalue weighted by molar-refractivity contribution is 7.92. The van der Waals surface area contributed by atoms with Crippen LogP contribution in [-0.4, -0.2) is 27.6 Å². The van der Waals surface area contributed by atoms with Crippen molar-refractivity contribution in [2.45, 2.75) is 18.4 Å². The molecule has 1 N–H and O–H groups in total. The molecule has 0 heterocycles. The van der Waals surface area contributed by atoms with Gasteiger partial charge in [0.05, 0.1) is 36.0 Å². The minimum Gasteiger partial charge on any atom is -0.497 e. The molecule has 0 aromatic heterocycles. The molecule has 0 aliphatic heterocycles. The molecule has 0 unspecified atom stereocenters. The van der Waals surface area contributed by atoms with Crippen LogP contribution in [0.2, 0.25) is 5.02 Å². The smallest absolute Gasteiger partial charge is 0.273 e. The maximum absolute atomic E-state index is 13.9. The molecule has 0 spiro atoms. The first-order chi connectivity index (χ1) is 18.3. The lowest BCUT2D eigenvalue weighted by Crippen LogP contribution is -2.33. The van der Waals surface area contributed by atoms with Crippen molar-refractivity contribution in [1.82, 2.24) is 5.43 Å². The van der Waals surface area contributed by atoms with Crippen molar-refractivity contribution in [2.75, 3.05) is 11.4 Å². The van der Waals surface area contributed by atoms with Crippen molar-refractivity contribution < 1.29 is 17.9 Å². The third-order valence-corrected chi connectivity index (χ3v) is 7.77. The second kappa shape index (κ2) is 11.9. The molecular weight excluding hydrogens is 522 g/mol. The summed E-state index contributed by atoms with van der Waals surface area (Å²) in [5.41, 5.74) is 5.24. The van der Waals surface area contributed by atoms with Crippen molar-refractivity contribution in [3.63, 3.8) is 0 Å². The van der Waals surface area contributed by atoms with Gasteiger partial charge in [0.15, 0.2) is 0 Å². The molecule has 0 radical (unpaired) electrons. The molecule has 1 amide bonds. The summed E-state index contributed by atoms with van der Waals surface area (Å²) in [6.07, 6.45) is 1.48. The zero-order valence-corrected chi connectivity index (χ0v) is 22.4. The third-order valence-electron chi connectivity index (χ3n) is 5.74. The minimum absolute atomic E-state index is 0.00918. The number of amides is 1. The fraction of sp³-hybridized carbons (Fsp3) is 0.103. The highest BCUT2D eigenvalue weighted by atomic mass is 35.5.